The van der Waals surface area contributed by atoms with Gasteiger partial charge < -0.3 is 5.11 Å². The molecular weight excluding hydrogens is 248 g/mol. The number of nitrogens with zero attached hydrogens (tertiary/aromatic N) is 2. The third kappa shape index (κ3) is 1.87. The number of hydrogen-bond donors (Lipinski definition) is 1. The lowest BCUT2D eigenvalue weighted by atomic mass is 10.0. The topological polar surface area (TPSA) is 38.0 Å². The maximum atomic E-state index is 10.6. The first kappa shape index (κ1) is 12.4. The minimum absolute atomic E-state index is 0.207. The largest absolute Gasteiger partial charge is 0.392 e. The first-order valence-electron chi connectivity index (χ1n) is 7.84. The smallest absolute Gasteiger partial charge is 0.0729 e. The van der Waals surface area contributed by atoms with Crippen molar-refractivity contribution < 1.29 is 5.11 Å². The molecule has 20 heavy (non-hydrogen) atoms. The third-order valence-corrected chi connectivity index (χ3v) is 5.40. The highest BCUT2D eigenvalue weighted by Gasteiger charge is 2.53. The van der Waals surface area contributed by atoms with Crippen LogP contribution in [0.15, 0.2) is 24.3 Å². The normalized spacial score (nSPS) is 30.2. The van der Waals surface area contributed by atoms with Crippen LogP contribution < -0.4 is 0 Å². The average Bonchev–Trinajstić information content (AvgIpc) is 3.13. The van der Waals surface area contributed by atoms with Gasteiger partial charge in [-0.2, -0.15) is 5.10 Å². The highest BCUT2D eigenvalue weighted by Crippen LogP contribution is 2.57. The lowest BCUT2D eigenvalue weighted by Gasteiger charge is -2.08. The molecule has 0 saturated heterocycles. The van der Waals surface area contributed by atoms with Crippen molar-refractivity contribution in [3.8, 4) is 0 Å². The van der Waals surface area contributed by atoms with E-state index >= 15 is 0 Å². The van der Waals surface area contributed by atoms with Crippen LogP contribution in [0.1, 0.15) is 31.4 Å². The lowest BCUT2D eigenvalue weighted by molar-refractivity contribution is 0.139. The van der Waals surface area contributed by atoms with E-state index in [4.69, 9.17) is 0 Å². The first-order chi connectivity index (χ1) is 9.75. The molecule has 3 unspecified atom stereocenters. The van der Waals surface area contributed by atoms with Gasteiger partial charge in [0.25, 0.3) is 0 Å². The van der Waals surface area contributed by atoms with Crippen molar-refractivity contribution in [2.45, 2.75) is 38.2 Å². The van der Waals surface area contributed by atoms with Gasteiger partial charge in [0.05, 0.1) is 17.3 Å². The van der Waals surface area contributed by atoms with Crippen LogP contribution in [0.25, 0.3) is 10.9 Å². The number of aromatic nitrogens is 2. The molecule has 0 aliphatic heterocycles. The van der Waals surface area contributed by atoms with E-state index in [-0.39, 0.29) is 6.10 Å². The van der Waals surface area contributed by atoms with Crippen LogP contribution in [-0.4, -0.2) is 21.0 Å². The molecular formula is C17H22N2O. The average molecular weight is 270 g/mol. The fourth-order valence-electron chi connectivity index (χ4n) is 4.39. The van der Waals surface area contributed by atoms with E-state index in [2.05, 4.69) is 23.3 Å². The Morgan fingerprint density at radius 2 is 1.95 bits per heavy atom. The number of aliphatic hydroxyl groups is 1. The van der Waals surface area contributed by atoms with E-state index < -0.39 is 0 Å². The van der Waals surface area contributed by atoms with Crippen molar-refractivity contribution in [1.82, 2.24) is 9.78 Å². The van der Waals surface area contributed by atoms with Crippen molar-refractivity contribution >= 4 is 10.9 Å². The molecule has 1 heterocycles. The fourth-order valence-corrected chi connectivity index (χ4v) is 4.39. The Kier molecular flexibility index (Phi) is 2.84. The van der Waals surface area contributed by atoms with E-state index in [1.54, 1.807) is 0 Å². The molecule has 0 bridgehead atoms. The van der Waals surface area contributed by atoms with Crippen LogP contribution in [0.4, 0.5) is 0 Å². The van der Waals surface area contributed by atoms with Gasteiger partial charge in [0.2, 0.25) is 0 Å². The van der Waals surface area contributed by atoms with E-state index in [0.29, 0.717) is 12.3 Å². The number of fused-ring (bicyclic) bond motifs is 2. The van der Waals surface area contributed by atoms with Gasteiger partial charge in [-0.05, 0) is 36.7 Å². The van der Waals surface area contributed by atoms with Crippen LogP contribution >= 0.6 is 0 Å². The predicted molar refractivity (Wildman–Crippen MR) is 79.4 cm³/mol. The van der Waals surface area contributed by atoms with Gasteiger partial charge in [-0.25, -0.2) is 0 Å². The molecule has 2 aromatic rings. The predicted octanol–water partition coefficient (Wildman–Crippen LogP) is 2.91. The van der Waals surface area contributed by atoms with Crippen LogP contribution in [0, 0.1) is 17.8 Å². The van der Waals surface area contributed by atoms with Crippen molar-refractivity contribution in [2.75, 3.05) is 0 Å². The molecule has 0 spiro atoms. The number of para-hydroxylation sites is 1. The summed E-state index contributed by atoms with van der Waals surface area (Å²) in [5, 5.41) is 16.4. The molecule has 0 radical (unpaired) electrons. The van der Waals surface area contributed by atoms with Crippen molar-refractivity contribution in [1.29, 1.82) is 0 Å². The third-order valence-electron chi connectivity index (χ3n) is 5.40. The highest BCUT2D eigenvalue weighted by molar-refractivity contribution is 5.81. The Bertz CT molecular complexity index is 621. The van der Waals surface area contributed by atoms with Crippen LogP contribution in [-0.2, 0) is 13.5 Å². The molecule has 1 aromatic carbocycles. The van der Waals surface area contributed by atoms with Crippen LogP contribution in [0.5, 0.6) is 0 Å². The number of aliphatic hydroxyl groups excluding tert-OH is 1. The summed E-state index contributed by atoms with van der Waals surface area (Å²) in [6.45, 7) is 0. The molecule has 2 saturated carbocycles. The van der Waals surface area contributed by atoms with Gasteiger partial charge >= 0.3 is 0 Å². The van der Waals surface area contributed by atoms with Crippen LogP contribution in [0.3, 0.4) is 0 Å². The van der Waals surface area contributed by atoms with E-state index in [9.17, 15) is 5.11 Å². The summed E-state index contributed by atoms with van der Waals surface area (Å²) in [6.07, 6.45) is 5.87. The molecule has 2 fully saturated rings. The summed E-state index contributed by atoms with van der Waals surface area (Å²) < 4.78 is 1.93. The van der Waals surface area contributed by atoms with Gasteiger partial charge in [0.1, 0.15) is 0 Å². The standard InChI is InChI=1S/C17H22N2O/c1-19-15-9-5-4-8-13(15)14(18-19)10-16(20)17-11-6-2-3-7-12(11)17/h4-5,8-9,11-12,16-17,20H,2-3,6-7,10H2,1H3. The Hall–Kier alpha value is -1.35. The number of aryl methyl sites for hydroxylation is 1. The molecule has 3 heteroatoms. The highest BCUT2D eigenvalue weighted by atomic mass is 16.3. The zero-order valence-electron chi connectivity index (χ0n) is 12.0. The van der Waals surface area contributed by atoms with Gasteiger partial charge in [0, 0.05) is 18.9 Å². The SMILES string of the molecule is Cn1nc(CC(O)C2C3CCCCC32)c2ccccc21. The second-order valence-corrected chi connectivity index (χ2v) is 6.55. The van der Waals surface area contributed by atoms with Crippen molar-refractivity contribution in [3.05, 3.63) is 30.0 Å². The summed E-state index contributed by atoms with van der Waals surface area (Å²) in [5.41, 5.74) is 2.21. The Labute approximate surface area is 119 Å². The molecule has 4 rings (SSSR count). The quantitative estimate of drug-likeness (QED) is 0.931. The summed E-state index contributed by atoms with van der Waals surface area (Å²) in [6, 6.07) is 8.30. The minimum Gasteiger partial charge on any atom is -0.392 e. The van der Waals surface area contributed by atoms with E-state index in [1.807, 2.05) is 17.8 Å². The van der Waals surface area contributed by atoms with E-state index in [0.717, 1.165) is 23.0 Å². The maximum absolute atomic E-state index is 10.6. The zero-order valence-corrected chi connectivity index (χ0v) is 12.0. The van der Waals surface area contributed by atoms with Crippen LogP contribution in [0.2, 0.25) is 0 Å². The van der Waals surface area contributed by atoms with Crippen molar-refractivity contribution in [3.63, 3.8) is 0 Å². The second-order valence-electron chi connectivity index (χ2n) is 6.55. The number of hydrogen-bond acceptors (Lipinski definition) is 2. The number of benzene rings is 1. The van der Waals surface area contributed by atoms with Gasteiger partial charge in [-0.3, -0.25) is 4.68 Å². The van der Waals surface area contributed by atoms with Gasteiger partial charge in [-0.15, -0.1) is 0 Å². The Balaban J connectivity index is 1.56. The molecule has 3 atom stereocenters. The molecule has 2 aliphatic rings. The van der Waals surface area contributed by atoms with Gasteiger partial charge in [-0.1, -0.05) is 31.0 Å². The summed E-state index contributed by atoms with van der Waals surface area (Å²) in [7, 11) is 1.98. The molecule has 1 aromatic heterocycles. The number of rotatable bonds is 3. The lowest BCUT2D eigenvalue weighted by Crippen LogP contribution is -2.15. The summed E-state index contributed by atoms with van der Waals surface area (Å²) in [4.78, 5) is 0. The minimum atomic E-state index is -0.207. The van der Waals surface area contributed by atoms with Gasteiger partial charge in [0.15, 0.2) is 0 Å². The second kappa shape index (κ2) is 4.59. The Morgan fingerprint density at radius 1 is 1.25 bits per heavy atom. The zero-order chi connectivity index (χ0) is 13.7. The monoisotopic (exact) mass is 270 g/mol. The summed E-state index contributed by atoms with van der Waals surface area (Å²) in [5.74, 6) is 2.14. The first-order valence-corrected chi connectivity index (χ1v) is 7.84. The molecule has 106 valence electrons. The maximum Gasteiger partial charge on any atom is 0.0729 e. The molecule has 3 nitrogen and oxygen atoms in total. The molecule has 2 aliphatic carbocycles. The fraction of sp³-hybridized carbons (Fsp3) is 0.588. The molecule has 1 N–H and O–H groups in total. The Morgan fingerprint density at radius 3 is 2.70 bits per heavy atom. The molecule has 0 amide bonds. The van der Waals surface area contributed by atoms with Crippen molar-refractivity contribution in [2.24, 2.45) is 24.8 Å². The summed E-state index contributed by atoms with van der Waals surface area (Å²) >= 11 is 0. The van der Waals surface area contributed by atoms with E-state index in [1.165, 1.54) is 31.1 Å².